The summed E-state index contributed by atoms with van der Waals surface area (Å²) in [5.41, 5.74) is 5.69. The summed E-state index contributed by atoms with van der Waals surface area (Å²) in [7, 11) is 0. The standard InChI is InChI=1S/C15H28N2O/c1-11-3-2-4-14(11)17-15(18)9-12-5-7-13(10-16)8-6-12/h11-14H,2-10,16H2,1H3,(H,17,18). The lowest BCUT2D eigenvalue weighted by Crippen LogP contribution is -2.37. The van der Waals surface area contributed by atoms with Crippen LogP contribution in [0.4, 0.5) is 0 Å². The molecule has 0 aromatic carbocycles. The number of amides is 1. The van der Waals surface area contributed by atoms with Gasteiger partial charge >= 0.3 is 0 Å². The summed E-state index contributed by atoms with van der Waals surface area (Å²) in [4.78, 5) is 12.0. The molecule has 2 atom stereocenters. The van der Waals surface area contributed by atoms with Crippen LogP contribution in [0.5, 0.6) is 0 Å². The van der Waals surface area contributed by atoms with Crippen LogP contribution < -0.4 is 11.1 Å². The molecular weight excluding hydrogens is 224 g/mol. The van der Waals surface area contributed by atoms with E-state index in [1.807, 2.05) is 0 Å². The van der Waals surface area contributed by atoms with Gasteiger partial charge in [-0.25, -0.2) is 0 Å². The summed E-state index contributed by atoms with van der Waals surface area (Å²) in [5, 5.41) is 3.24. The van der Waals surface area contributed by atoms with Gasteiger partial charge in [0.2, 0.25) is 5.91 Å². The van der Waals surface area contributed by atoms with E-state index in [2.05, 4.69) is 12.2 Å². The molecule has 0 aromatic rings. The van der Waals surface area contributed by atoms with E-state index < -0.39 is 0 Å². The topological polar surface area (TPSA) is 55.1 Å². The van der Waals surface area contributed by atoms with Gasteiger partial charge in [0.15, 0.2) is 0 Å². The monoisotopic (exact) mass is 252 g/mol. The molecular formula is C15H28N2O. The fourth-order valence-corrected chi connectivity index (χ4v) is 3.56. The minimum atomic E-state index is 0.282. The Balaban J connectivity index is 1.68. The zero-order valence-corrected chi connectivity index (χ0v) is 11.7. The van der Waals surface area contributed by atoms with Crippen molar-refractivity contribution in [3.05, 3.63) is 0 Å². The fourth-order valence-electron chi connectivity index (χ4n) is 3.56. The Bertz CT molecular complexity index is 272. The second-order valence-electron chi connectivity index (χ2n) is 6.41. The first-order valence-corrected chi connectivity index (χ1v) is 7.68. The predicted octanol–water partition coefficient (Wildman–Crippen LogP) is 2.45. The summed E-state index contributed by atoms with van der Waals surface area (Å²) >= 11 is 0. The molecule has 2 fully saturated rings. The van der Waals surface area contributed by atoms with E-state index in [1.165, 1.54) is 44.9 Å². The van der Waals surface area contributed by atoms with Crippen LogP contribution in [0.15, 0.2) is 0 Å². The Kier molecular flexibility index (Phi) is 5.04. The fraction of sp³-hybridized carbons (Fsp3) is 0.933. The predicted molar refractivity (Wildman–Crippen MR) is 74.1 cm³/mol. The van der Waals surface area contributed by atoms with Gasteiger partial charge in [-0.05, 0) is 62.8 Å². The van der Waals surface area contributed by atoms with E-state index in [0.717, 1.165) is 13.0 Å². The second-order valence-corrected chi connectivity index (χ2v) is 6.41. The first kappa shape index (κ1) is 13.9. The molecule has 3 nitrogen and oxygen atoms in total. The van der Waals surface area contributed by atoms with Crippen molar-refractivity contribution in [3.63, 3.8) is 0 Å². The zero-order valence-electron chi connectivity index (χ0n) is 11.7. The maximum Gasteiger partial charge on any atom is 0.220 e. The molecule has 18 heavy (non-hydrogen) atoms. The van der Waals surface area contributed by atoms with Crippen molar-refractivity contribution in [2.24, 2.45) is 23.5 Å². The maximum atomic E-state index is 12.0. The molecule has 104 valence electrons. The van der Waals surface area contributed by atoms with Gasteiger partial charge in [-0.3, -0.25) is 4.79 Å². The highest BCUT2D eigenvalue weighted by Crippen LogP contribution is 2.30. The first-order chi connectivity index (χ1) is 8.69. The van der Waals surface area contributed by atoms with Crippen LogP contribution in [-0.2, 0) is 4.79 Å². The van der Waals surface area contributed by atoms with E-state index in [9.17, 15) is 4.79 Å². The van der Waals surface area contributed by atoms with Crippen molar-refractivity contribution < 1.29 is 4.79 Å². The Hall–Kier alpha value is -0.570. The number of carbonyl (C=O) groups is 1. The van der Waals surface area contributed by atoms with E-state index >= 15 is 0 Å². The normalized spacial score (nSPS) is 36.6. The minimum absolute atomic E-state index is 0.282. The SMILES string of the molecule is CC1CCCC1NC(=O)CC1CCC(CN)CC1. The number of nitrogens with one attached hydrogen (secondary N) is 1. The van der Waals surface area contributed by atoms with E-state index in [-0.39, 0.29) is 5.91 Å². The first-order valence-electron chi connectivity index (χ1n) is 7.68. The number of hydrogen-bond acceptors (Lipinski definition) is 2. The molecule has 0 saturated heterocycles. The van der Waals surface area contributed by atoms with Gasteiger partial charge in [0, 0.05) is 12.5 Å². The van der Waals surface area contributed by atoms with Crippen LogP contribution in [0, 0.1) is 17.8 Å². The van der Waals surface area contributed by atoms with Gasteiger partial charge in [0.05, 0.1) is 0 Å². The molecule has 0 radical (unpaired) electrons. The Morgan fingerprint density at radius 2 is 1.78 bits per heavy atom. The van der Waals surface area contributed by atoms with Crippen molar-refractivity contribution in [1.29, 1.82) is 0 Å². The summed E-state index contributed by atoms with van der Waals surface area (Å²) in [6.07, 6.45) is 9.27. The van der Waals surface area contributed by atoms with E-state index in [0.29, 0.717) is 23.8 Å². The summed E-state index contributed by atoms with van der Waals surface area (Å²) in [6, 6.07) is 0.442. The van der Waals surface area contributed by atoms with Gasteiger partial charge in [-0.1, -0.05) is 13.3 Å². The summed E-state index contributed by atoms with van der Waals surface area (Å²) < 4.78 is 0. The molecule has 2 aliphatic carbocycles. The Labute approximate surface area is 111 Å². The van der Waals surface area contributed by atoms with Gasteiger partial charge in [0.1, 0.15) is 0 Å². The molecule has 2 saturated carbocycles. The van der Waals surface area contributed by atoms with Crippen LogP contribution in [0.3, 0.4) is 0 Å². The molecule has 0 spiro atoms. The average molecular weight is 252 g/mol. The molecule has 2 unspecified atom stereocenters. The van der Waals surface area contributed by atoms with Gasteiger partial charge < -0.3 is 11.1 Å². The molecule has 3 N–H and O–H groups in total. The number of rotatable bonds is 4. The highest BCUT2D eigenvalue weighted by atomic mass is 16.1. The van der Waals surface area contributed by atoms with Crippen molar-refractivity contribution in [1.82, 2.24) is 5.32 Å². The summed E-state index contributed by atoms with van der Waals surface area (Å²) in [5.74, 6) is 2.26. The zero-order chi connectivity index (χ0) is 13.0. The van der Waals surface area contributed by atoms with Crippen LogP contribution in [0.2, 0.25) is 0 Å². The lowest BCUT2D eigenvalue weighted by atomic mass is 9.80. The van der Waals surface area contributed by atoms with E-state index in [1.54, 1.807) is 0 Å². The molecule has 1 amide bonds. The number of carbonyl (C=O) groups excluding carboxylic acids is 1. The third-order valence-corrected chi connectivity index (χ3v) is 4.98. The highest BCUT2D eigenvalue weighted by molar-refractivity contribution is 5.76. The van der Waals surface area contributed by atoms with Crippen molar-refractivity contribution in [3.8, 4) is 0 Å². The Morgan fingerprint density at radius 3 is 2.33 bits per heavy atom. The minimum Gasteiger partial charge on any atom is -0.353 e. The number of nitrogens with two attached hydrogens (primary N) is 1. The average Bonchev–Trinajstić information content (AvgIpc) is 2.76. The van der Waals surface area contributed by atoms with Crippen molar-refractivity contribution >= 4 is 5.91 Å². The van der Waals surface area contributed by atoms with Crippen LogP contribution in [0.25, 0.3) is 0 Å². The molecule has 0 aromatic heterocycles. The summed E-state index contributed by atoms with van der Waals surface area (Å²) in [6.45, 7) is 3.07. The molecule has 2 aliphatic rings. The highest BCUT2D eigenvalue weighted by Gasteiger charge is 2.27. The Morgan fingerprint density at radius 1 is 1.11 bits per heavy atom. The molecule has 3 heteroatoms. The van der Waals surface area contributed by atoms with Gasteiger partial charge in [-0.2, -0.15) is 0 Å². The van der Waals surface area contributed by atoms with Crippen LogP contribution in [-0.4, -0.2) is 18.5 Å². The largest absolute Gasteiger partial charge is 0.353 e. The maximum absolute atomic E-state index is 12.0. The second kappa shape index (κ2) is 6.55. The van der Waals surface area contributed by atoms with Crippen molar-refractivity contribution in [2.45, 2.75) is 64.3 Å². The number of hydrogen-bond donors (Lipinski definition) is 2. The third kappa shape index (κ3) is 3.71. The molecule has 0 aliphatic heterocycles. The van der Waals surface area contributed by atoms with E-state index in [4.69, 9.17) is 5.73 Å². The lowest BCUT2D eigenvalue weighted by molar-refractivity contribution is -0.123. The lowest BCUT2D eigenvalue weighted by Gasteiger charge is -2.28. The molecule has 0 bridgehead atoms. The molecule has 0 heterocycles. The third-order valence-electron chi connectivity index (χ3n) is 4.98. The smallest absolute Gasteiger partial charge is 0.220 e. The van der Waals surface area contributed by atoms with Gasteiger partial charge in [-0.15, -0.1) is 0 Å². The molecule has 2 rings (SSSR count). The quantitative estimate of drug-likeness (QED) is 0.807. The van der Waals surface area contributed by atoms with Crippen molar-refractivity contribution in [2.75, 3.05) is 6.54 Å². The van der Waals surface area contributed by atoms with Gasteiger partial charge in [0.25, 0.3) is 0 Å². The van der Waals surface area contributed by atoms with Crippen LogP contribution >= 0.6 is 0 Å². The van der Waals surface area contributed by atoms with Crippen LogP contribution in [0.1, 0.15) is 58.3 Å².